The van der Waals surface area contributed by atoms with Gasteiger partial charge in [0.05, 0.1) is 13.0 Å². The summed E-state index contributed by atoms with van der Waals surface area (Å²) in [5.74, 6) is -0.963. The predicted molar refractivity (Wildman–Crippen MR) is 65.2 cm³/mol. The van der Waals surface area contributed by atoms with Crippen LogP contribution in [-0.4, -0.2) is 44.4 Å². The first-order valence-electron chi connectivity index (χ1n) is 5.33. The predicted octanol–water partition coefficient (Wildman–Crippen LogP) is 0.511. The lowest BCUT2D eigenvalue weighted by molar-refractivity contribution is -0.144. The summed E-state index contributed by atoms with van der Waals surface area (Å²) in [5, 5.41) is 0. The van der Waals surface area contributed by atoms with Gasteiger partial charge in [0.15, 0.2) is 0 Å². The Bertz CT molecular complexity index is 501. The van der Waals surface area contributed by atoms with Gasteiger partial charge in [0, 0.05) is 26.0 Å². The van der Waals surface area contributed by atoms with Crippen molar-refractivity contribution in [2.75, 3.05) is 20.7 Å². The number of esters is 1. The molecule has 0 N–H and O–H groups in total. The van der Waals surface area contributed by atoms with Crippen LogP contribution in [0.1, 0.15) is 6.92 Å². The molecule has 1 unspecified atom stereocenters. The van der Waals surface area contributed by atoms with E-state index >= 15 is 0 Å². The quantitative estimate of drug-likeness (QED) is 0.730. The van der Waals surface area contributed by atoms with E-state index in [0.717, 1.165) is 4.31 Å². The SMILES string of the molecule is COC(=O)C(C)CN(C)S(=O)(=O)c1cccnc1. The third kappa shape index (κ3) is 3.27. The fraction of sp³-hybridized carbons (Fsp3) is 0.455. The Morgan fingerprint density at radius 2 is 2.22 bits per heavy atom. The molecule has 0 radical (unpaired) electrons. The lowest BCUT2D eigenvalue weighted by atomic mass is 10.2. The van der Waals surface area contributed by atoms with Gasteiger partial charge < -0.3 is 4.74 Å². The first kappa shape index (κ1) is 14.6. The first-order chi connectivity index (χ1) is 8.39. The molecular weight excluding hydrogens is 256 g/mol. The molecule has 0 aliphatic carbocycles. The summed E-state index contributed by atoms with van der Waals surface area (Å²) < 4.78 is 29.9. The summed E-state index contributed by atoms with van der Waals surface area (Å²) in [6.07, 6.45) is 2.77. The Hall–Kier alpha value is -1.47. The number of hydrogen-bond donors (Lipinski definition) is 0. The van der Waals surface area contributed by atoms with E-state index in [1.165, 1.54) is 32.6 Å². The van der Waals surface area contributed by atoms with Crippen LogP contribution in [0.2, 0.25) is 0 Å². The van der Waals surface area contributed by atoms with Gasteiger partial charge in [-0.25, -0.2) is 12.7 Å². The monoisotopic (exact) mass is 272 g/mol. The van der Waals surface area contributed by atoms with Gasteiger partial charge in [0.1, 0.15) is 4.90 Å². The Morgan fingerprint density at radius 1 is 1.56 bits per heavy atom. The van der Waals surface area contributed by atoms with Gasteiger partial charge in [-0.15, -0.1) is 0 Å². The van der Waals surface area contributed by atoms with Crippen molar-refractivity contribution in [2.24, 2.45) is 5.92 Å². The number of carbonyl (C=O) groups excluding carboxylic acids is 1. The van der Waals surface area contributed by atoms with Gasteiger partial charge in [-0.05, 0) is 12.1 Å². The summed E-state index contributed by atoms with van der Waals surface area (Å²) >= 11 is 0. The van der Waals surface area contributed by atoms with Crippen LogP contribution >= 0.6 is 0 Å². The maximum Gasteiger partial charge on any atom is 0.309 e. The first-order valence-corrected chi connectivity index (χ1v) is 6.77. The summed E-state index contributed by atoms with van der Waals surface area (Å²) in [5.41, 5.74) is 0. The molecule has 0 aliphatic heterocycles. The highest BCUT2D eigenvalue weighted by molar-refractivity contribution is 7.89. The summed E-state index contributed by atoms with van der Waals surface area (Å²) in [7, 11) is -0.922. The number of rotatable bonds is 5. The minimum atomic E-state index is -3.61. The van der Waals surface area contributed by atoms with Crippen LogP contribution in [0, 0.1) is 5.92 Å². The zero-order valence-electron chi connectivity index (χ0n) is 10.5. The maximum atomic E-state index is 12.1. The molecule has 0 aliphatic rings. The molecule has 0 bridgehead atoms. The topological polar surface area (TPSA) is 76.6 Å². The number of nitrogens with zero attached hydrogens (tertiary/aromatic N) is 2. The zero-order valence-corrected chi connectivity index (χ0v) is 11.3. The van der Waals surface area contributed by atoms with Crippen LogP contribution < -0.4 is 0 Å². The van der Waals surface area contributed by atoms with Crippen molar-refractivity contribution in [3.63, 3.8) is 0 Å². The third-order valence-electron chi connectivity index (χ3n) is 2.48. The molecule has 1 heterocycles. The van der Waals surface area contributed by atoms with Crippen LogP contribution in [0.25, 0.3) is 0 Å². The average molecular weight is 272 g/mol. The minimum absolute atomic E-state index is 0.0594. The van der Waals surface area contributed by atoms with Crippen molar-refractivity contribution in [2.45, 2.75) is 11.8 Å². The average Bonchev–Trinajstić information content (AvgIpc) is 2.38. The number of methoxy groups -OCH3 is 1. The Morgan fingerprint density at radius 3 is 2.72 bits per heavy atom. The van der Waals surface area contributed by atoms with Crippen molar-refractivity contribution in [3.8, 4) is 0 Å². The van der Waals surface area contributed by atoms with E-state index in [0.29, 0.717) is 0 Å². The van der Waals surface area contributed by atoms with Crippen LogP contribution in [-0.2, 0) is 19.6 Å². The fourth-order valence-corrected chi connectivity index (χ4v) is 2.66. The normalized spacial score (nSPS) is 13.3. The number of ether oxygens (including phenoxy) is 1. The number of aromatic nitrogens is 1. The fourth-order valence-electron chi connectivity index (χ4n) is 1.44. The van der Waals surface area contributed by atoms with Crippen LogP contribution in [0.15, 0.2) is 29.4 Å². The number of sulfonamides is 1. The second-order valence-corrected chi connectivity index (χ2v) is 5.94. The Balaban J connectivity index is 2.84. The molecule has 0 saturated carbocycles. The summed E-state index contributed by atoms with van der Waals surface area (Å²) in [4.78, 5) is 15.1. The van der Waals surface area contributed by atoms with Crippen molar-refractivity contribution < 1.29 is 17.9 Å². The zero-order chi connectivity index (χ0) is 13.8. The van der Waals surface area contributed by atoms with Gasteiger partial charge in [0.25, 0.3) is 0 Å². The van der Waals surface area contributed by atoms with Crippen molar-refractivity contribution in [3.05, 3.63) is 24.5 Å². The highest BCUT2D eigenvalue weighted by Crippen LogP contribution is 2.14. The number of carbonyl (C=O) groups is 1. The van der Waals surface area contributed by atoms with Gasteiger partial charge in [0.2, 0.25) is 10.0 Å². The smallest absolute Gasteiger partial charge is 0.309 e. The molecule has 0 spiro atoms. The maximum absolute atomic E-state index is 12.1. The number of pyridine rings is 1. The van der Waals surface area contributed by atoms with E-state index in [1.54, 1.807) is 13.0 Å². The van der Waals surface area contributed by atoms with Crippen LogP contribution in [0.5, 0.6) is 0 Å². The van der Waals surface area contributed by atoms with E-state index < -0.39 is 21.9 Å². The molecule has 1 aromatic heterocycles. The lowest BCUT2D eigenvalue weighted by Crippen LogP contribution is -2.34. The highest BCUT2D eigenvalue weighted by atomic mass is 32.2. The second-order valence-electron chi connectivity index (χ2n) is 3.90. The Labute approximate surface area is 107 Å². The van der Waals surface area contributed by atoms with Crippen LogP contribution in [0.3, 0.4) is 0 Å². The molecule has 1 atom stereocenters. The van der Waals surface area contributed by atoms with E-state index in [2.05, 4.69) is 9.72 Å². The van der Waals surface area contributed by atoms with E-state index in [9.17, 15) is 13.2 Å². The second kappa shape index (κ2) is 5.92. The molecule has 100 valence electrons. The molecule has 6 nitrogen and oxygen atoms in total. The molecule has 0 saturated heterocycles. The number of hydrogen-bond acceptors (Lipinski definition) is 5. The van der Waals surface area contributed by atoms with Crippen molar-refractivity contribution in [1.29, 1.82) is 0 Å². The van der Waals surface area contributed by atoms with Gasteiger partial charge in [-0.3, -0.25) is 9.78 Å². The van der Waals surface area contributed by atoms with E-state index in [4.69, 9.17) is 0 Å². The third-order valence-corrected chi connectivity index (χ3v) is 4.28. The minimum Gasteiger partial charge on any atom is -0.469 e. The van der Waals surface area contributed by atoms with E-state index in [1.807, 2.05) is 0 Å². The Kier molecular flexibility index (Phi) is 4.80. The summed E-state index contributed by atoms with van der Waals surface area (Å²) in [6.45, 7) is 1.67. The molecule has 0 fully saturated rings. The molecule has 0 amide bonds. The molecule has 18 heavy (non-hydrogen) atoms. The molecule has 0 aromatic carbocycles. The van der Waals surface area contributed by atoms with Crippen molar-refractivity contribution in [1.82, 2.24) is 9.29 Å². The lowest BCUT2D eigenvalue weighted by Gasteiger charge is -2.19. The standard InChI is InChI=1S/C11H16N2O4S/c1-9(11(14)17-3)8-13(2)18(15,16)10-5-4-6-12-7-10/h4-7,9H,8H2,1-3H3. The molecule has 1 aromatic rings. The van der Waals surface area contributed by atoms with Gasteiger partial charge in [-0.2, -0.15) is 0 Å². The van der Waals surface area contributed by atoms with Gasteiger partial charge in [-0.1, -0.05) is 6.92 Å². The molecule has 7 heteroatoms. The molecular formula is C11H16N2O4S. The van der Waals surface area contributed by atoms with Crippen LogP contribution in [0.4, 0.5) is 0 Å². The summed E-state index contributed by atoms with van der Waals surface area (Å²) in [6, 6.07) is 3.01. The largest absolute Gasteiger partial charge is 0.469 e. The van der Waals surface area contributed by atoms with E-state index in [-0.39, 0.29) is 11.4 Å². The molecule has 1 rings (SSSR count). The van der Waals surface area contributed by atoms with Gasteiger partial charge >= 0.3 is 5.97 Å². The van der Waals surface area contributed by atoms with Crippen molar-refractivity contribution >= 4 is 16.0 Å². The highest BCUT2D eigenvalue weighted by Gasteiger charge is 2.25.